The number of hydrogen-bond acceptors (Lipinski definition) is 6. The first-order valence-corrected chi connectivity index (χ1v) is 11.5. The third-order valence-corrected chi connectivity index (χ3v) is 7.31. The van der Waals surface area contributed by atoms with E-state index >= 15 is 0 Å². The second kappa shape index (κ2) is 7.88. The number of thiophene rings is 1. The maximum Gasteiger partial charge on any atom is 0.264 e. The molecule has 0 aliphatic rings. The van der Waals surface area contributed by atoms with Crippen molar-refractivity contribution < 1.29 is 13.2 Å². The first-order valence-electron chi connectivity index (χ1n) is 8.43. The predicted molar refractivity (Wildman–Crippen MR) is 118 cm³/mol. The average Bonchev–Trinajstić information content (AvgIpc) is 3.24. The Morgan fingerprint density at radius 1 is 1.13 bits per heavy atom. The summed E-state index contributed by atoms with van der Waals surface area (Å²) < 4.78 is 27.7. The number of pyridine rings is 1. The van der Waals surface area contributed by atoms with E-state index in [4.69, 9.17) is 23.2 Å². The minimum Gasteiger partial charge on any atom is -0.321 e. The molecule has 0 spiro atoms. The normalized spacial score (nSPS) is 11.6. The van der Waals surface area contributed by atoms with Crippen molar-refractivity contribution in [2.45, 2.75) is 11.8 Å². The van der Waals surface area contributed by atoms with Gasteiger partial charge in [0.15, 0.2) is 5.65 Å². The summed E-state index contributed by atoms with van der Waals surface area (Å²) in [5.74, 6) is -0.362. The standard InChI is InChI=1S/C18H13Cl2N5O3S2/c1-9-13-6-12(8-21-17(13)24-23-9)22-18(26)10-2-4-11(5-3-10)25-30(27,28)14-7-15(19)29-16(14)20/h2-8,25H,1H3,(H,22,26)(H,21,23,24). The van der Waals surface area contributed by atoms with Crippen LogP contribution in [0.1, 0.15) is 16.1 Å². The van der Waals surface area contributed by atoms with Gasteiger partial charge in [-0.05, 0) is 43.3 Å². The Balaban J connectivity index is 1.49. The fourth-order valence-electron chi connectivity index (χ4n) is 2.70. The van der Waals surface area contributed by atoms with Crippen LogP contribution in [0.4, 0.5) is 11.4 Å². The lowest BCUT2D eigenvalue weighted by Gasteiger charge is -2.09. The van der Waals surface area contributed by atoms with Gasteiger partial charge in [-0.15, -0.1) is 11.3 Å². The van der Waals surface area contributed by atoms with Gasteiger partial charge in [-0.3, -0.25) is 14.6 Å². The summed E-state index contributed by atoms with van der Waals surface area (Å²) in [5.41, 5.74) is 2.55. The van der Waals surface area contributed by atoms with Gasteiger partial charge < -0.3 is 5.32 Å². The third kappa shape index (κ3) is 4.12. The highest BCUT2D eigenvalue weighted by atomic mass is 35.5. The van der Waals surface area contributed by atoms with Crippen molar-refractivity contribution in [1.29, 1.82) is 0 Å². The zero-order valence-corrected chi connectivity index (χ0v) is 18.4. The van der Waals surface area contributed by atoms with Crippen molar-refractivity contribution in [1.82, 2.24) is 15.2 Å². The van der Waals surface area contributed by atoms with E-state index in [0.29, 0.717) is 16.9 Å². The molecule has 0 saturated carbocycles. The molecule has 12 heteroatoms. The van der Waals surface area contributed by atoms with Gasteiger partial charge in [0, 0.05) is 22.3 Å². The predicted octanol–water partition coefficient (Wildman–Crippen LogP) is 4.69. The number of amides is 1. The molecule has 3 aromatic heterocycles. The van der Waals surface area contributed by atoms with Crippen molar-refractivity contribution >= 4 is 72.9 Å². The van der Waals surface area contributed by atoms with E-state index < -0.39 is 10.0 Å². The van der Waals surface area contributed by atoms with E-state index in [1.807, 2.05) is 6.92 Å². The molecule has 0 unspecified atom stereocenters. The van der Waals surface area contributed by atoms with E-state index in [9.17, 15) is 13.2 Å². The average molecular weight is 482 g/mol. The van der Waals surface area contributed by atoms with Crippen LogP contribution in [0.15, 0.2) is 47.5 Å². The molecule has 154 valence electrons. The number of hydrogen-bond donors (Lipinski definition) is 3. The van der Waals surface area contributed by atoms with Gasteiger partial charge in [-0.25, -0.2) is 13.4 Å². The molecule has 0 atom stereocenters. The molecule has 1 aromatic carbocycles. The highest BCUT2D eigenvalue weighted by Gasteiger charge is 2.21. The van der Waals surface area contributed by atoms with Crippen LogP contribution in [-0.2, 0) is 10.0 Å². The number of halogens is 2. The minimum atomic E-state index is -3.90. The Bertz CT molecular complexity index is 1360. The number of aromatic nitrogens is 3. The zero-order valence-electron chi connectivity index (χ0n) is 15.2. The molecule has 0 aliphatic carbocycles. The summed E-state index contributed by atoms with van der Waals surface area (Å²) in [6.07, 6.45) is 1.51. The smallest absolute Gasteiger partial charge is 0.264 e. The Labute approximate surface area is 185 Å². The summed E-state index contributed by atoms with van der Waals surface area (Å²) >= 11 is 12.7. The summed E-state index contributed by atoms with van der Waals surface area (Å²) in [5, 5.41) is 10.4. The highest BCUT2D eigenvalue weighted by molar-refractivity contribution is 7.93. The Morgan fingerprint density at radius 2 is 1.87 bits per heavy atom. The van der Waals surface area contributed by atoms with Crippen molar-refractivity contribution in [3.05, 3.63) is 62.5 Å². The monoisotopic (exact) mass is 481 g/mol. The highest BCUT2D eigenvalue weighted by Crippen LogP contribution is 2.35. The topological polar surface area (TPSA) is 117 Å². The largest absolute Gasteiger partial charge is 0.321 e. The van der Waals surface area contributed by atoms with Crippen LogP contribution >= 0.6 is 34.5 Å². The number of sulfonamides is 1. The Morgan fingerprint density at radius 3 is 2.53 bits per heavy atom. The van der Waals surface area contributed by atoms with Crippen LogP contribution in [0.3, 0.4) is 0 Å². The summed E-state index contributed by atoms with van der Waals surface area (Å²) in [6, 6.07) is 9.03. The number of carbonyl (C=O) groups is 1. The fourth-order valence-corrected chi connectivity index (χ4v) is 5.91. The van der Waals surface area contributed by atoms with Crippen molar-refractivity contribution in [2.24, 2.45) is 0 Å². The second-order valence-corrected chi connectivity index (χ2v) is 10.2. The number of anilines is 2. The molecule has 0 radical (unpaired) electrons. The number of carbonyl (C=O) groups excluding carboxylic acids is 1. The number of benzene rings is 1. The van der Waals surface area contributed by atoms with E-state index in [-0.39, 0.29) is 25.2 Å². The van der Waals surface area contributed by atoms with Gasteiger partial charge in [-0.1, -0.05) is 23.2 Å². The lowest BCUT2D eigenvalue weighted by Crippen LogP contribution is -2.14. The summed E-state index contributed by atoms with van der Waals surface area (Å²) in [6.45, 7) is 1.86. The van der Waals surface area contributed by atoms with Gasteiger partial charge >= 0.3 is 0 Å². The van der Waals surface area contributed by atoms with Crippen molar-refractivity contribution in [2.75, 3.05) is 10.0 Å². The maximum atomic E-state index is 12.5. The second-order valence-electron chi connectivity index (χ2n) is 6.27. The molecule has 3 N–H and O–H groups in total. The van der Waals surface area contributed by atoms with Gasteiger partial charge in [0.2, 0.25) is 0 Å². The number of nitrogens with one attached hydrogen (secondary N) is 3. The number of aromatic amines is 1. The van der Waals surface area contributed by atoms with Gasteiger partial charge in [0.1, 0.15) is 9.23 Å². The molecule has 0 aliphatic heterocycles. The molecule has 4 aromatic rings. The van der Waals surface area contributed by atoms with Gasteiger partial charge in [-0.2, -0.15) is 5.10 Å². The van der Waals surface area contributed by atoms with E-state index in [2.05, 4.69) is 25.2 Å². The van der Waals surface area contributed by atoms with E-state index in [0.717, 1.165) is 22.4 Å². The first kappa shape index (κ1) is 20.6. The lowest BCUT2D eigenvalue weighted by atomic mass is 10.2. The molecule has 0 fully saturated rings. The number of aryl methyl sites for hydroxylation is 1. The fraction of sp³-hybridized carbons (Fsp3) is 0.0556. The number of nitrogens with zero attached hydrogens (tertiary/aromatic N) is 2. The van der Waals surface area contributed by atoms with E-state index in [1.54, 1.807) is 6.07 Å². The molecular weight excluding hydrogens is 469 g/mol. The first-order chi connectivity index (χ1) is 14.2. The van der Waals surface area contributed by atoms with Crippen LogP contribution in [0.5, 0.6) is 0 Å². The molecule has 1 amide bonds. The molecule has 0 saturated heterocycles. The Hall–Kier alpha value is -2.66. The van der Waals surface area contributed by atoms with Crippen molar-refractivity contribution in [3.63, 3.8) is 0 Å². The summed E-state index contributed by atoms with van der Waals surface area (Å²) in [7, 11) is -3.90. The number of H-pyrrole nitrogens is 1. The SMILES string of the molecule is Cc1[nH]nc2ncc(NC(=O)c3ccc(NS(=O)(=O)c4cc(Cl)sc4Cl)cc3)cc12. The maximum absolute atomic E-state index is 12.5. The lowest BCUT2D eigenvalue weighted by molar-refractivity contribution is 0.102. The van der Waals surface area contributed by atoms with Crippen LogP contribution < -0.4 is 10.0 Å². The molecule has 30 heavy (non-hydrogen) atoms. The van der Waals surface area contributed by atoms with Crippen LogP contribution in [0.2, 0.25) is 8.67 Å². The number of rotatable bonds is 5. The van der Waals surface area contributed by atoms with Crippen molar-refractivity contribution in [3.8, 4) is 0 Å². The van der Waals surface area contributed by atoms with E-state index in [1.165, 1.54) is 36.5 Å². The van der Waals surface area contributed by atoms with Gasteiger partial charge in [0.25, 0.3) is 15.9 Å². The molecule has 8 nitrogen and oxygen atoms in total. The molecule has 4 rings (SSSR count). The summed E-state index contributed by atoms with van der Waals surface area (Å²) in [4.78, 5) is 16.6. The number of fused-ring (bicyclic) bond motifs is 1. The zero-order chi connectivity index (χ0) is 21.5. The van der Waals surface area contributed by atoms with Crippen LogP contribution in [0.25, 0.3) is 11.0 Å². The quantitative estimate of drug-likeness (QED) is 0.382. The molecular formula is C18H13Cl2N5O3S2. The Kier molecular flexibility index (Phi) is 5.41. The van der Waals surface area contributed by atoms with Gasteiger partial charge in [0.05, 0.1) is 16.2 Å². The van der Waals surface area contributed by atoms with Crippen LogP contribution in [0, 0.1) is 6.92 Å². The minimum absolute atomic E-state index is 0.0712. The third-order valence-electron chi connectivity index (χ3n) is 4.17. The molecule has 0 bridgehead atoms. The molecule has 3 heterocycles. The van der Waals surface area contributed by atoms with Crippen LogP contribution in [-0.4, -0.2) is 29.5 Å².